The fraction of sp³-hybridized carbons (Fsp3) is 0.417. The first kappa shape index (κ1) is 16.9. The molecule has 1 amide bonds. The average molecular weight is 324 g/mol. The third-order valence-electron chi connectivity index (χ3n) is 2.64. The van der Waals surface area contributed by atoms with Gasteiger partial charge in [-0.3, -0.25) is 4.79 Å². The molecule has 0 fully saturated rings. The summed E-state index contributed by atoms with van der Waals surface area (Å²) in [5, 5.41) is 2.53. The first-order valence-corrected chi connectivity index (χ1v) is 7.95. The van der Waals surface area contributed by atoms with E-state index in [9.17, 15) is 17.6 Å². The van der Waals surface area contributed by atoms with Crippen molar-refractivity contribution in [1.82, 2.24) is 5.32 Å². The minimum atomic E-state index is -4.10. The van der Waals surface area contributed by atoms with Crippen LogP contribution in [0.3, 0.4) is 0 Å². The second kappa shape index (κ2) is 6.07. The lowest BCUT2D eigenvalue weighted by Gasteiger charge is -2.23. The van der Waals surface area contributed by atoms with Crippen LogP contribution >= 0.6 is 10.7 Å². The molecule has 0 aliphatic rings. The minimum Gasteiger partial charge on any atom is -0.377 e. The van der Waals surface area contributed by atoms with Gasteiger partial charge < -0.3 is 10.1 Å². The number of halogens is 2. The average Bonchev–Trinajstić information content (AvgIpc) is 2.34. The van der Waals surface area contributed by atoms with E-state index in [4.69, 9.17) is 15.4 Å². The van der Waals surface area contributed by atoms with Crippen LogP contribution in [0.5, 0.6) is 0 Å². The van der Waals surface area contributed by atoms with Crippen LogP contribution in [0.4, 0.5) is 4.39 Å². The van der Waals surface area contributed by atoms with Crippen molar-refractivity contribution in [3.05, 3.63) is 29.6 Å². The molecule has 112 valence electrons. The molecule has 0 unspecified atom stereocenters. The number of amides is 1. The van der Waals surface area contributed by atoms with E-state index in [2.05, 4.69) is 5.32 Å². The molecule has 0 aliphatic heterocycles. The summed E-state index contributed by atoms with van der Waals surface area (Å²) in [4.78, 5) is 11.4. The van der Waals surface area contributed by atoms with Crippen LogP contribution in [0.1, 0.15) is 24.2 Å². The lowest BCUT2D eigenvalue weighted by Crippen LogP contribution is -2.39. The molecule has 0 saturated heterocycles. The highest BCUT2D eigenvalue weighted by Gasteiger charge is 2.20. The van der Waals surface area contributed by atoms with Crippen LogP contribution < -0.4 is 5.32 Å². The molecule has 0 aliphatic carbocycles. The fourth-order valence-electron chi connectivity index (χ4n) is 1.30. The molecule has 0 bridgehead atoms. The van der Waals surface area contributed by atoms with Gasteiger partial charge in [0, 0.05) is 29.9 Å². The molecule has 0 atom stereocenters. The highest BCUT2D eigenvalue weighted by molar-refractivity contribution is 8.13. The molecule has 20 heavy (non-hydrogen) atoms. The topological polar surface area (TPSA) is 72.5 Å². The molecule has 1 aromatic carbocycles. The largest absolute Gasteiger partial charge is 0.377 e. The molecule has 0 spiro atoms. The summed E-state index contributed by atoms with van der Waals surface area (Å²) in [5.41, 5.74) is -0.721. The Morgan fingerprint density at radius 2 is 2.00 bits per heavy atom. The fourth-order valence-corrected chi connectivity index (χ4v) is 2.09. The zero-order chi connectivity index (χ0) is 15.6. The molecular weight excluding hydrogens is 309 g/mol. The first-order chi connectivity index (χ1) is 9.05. The Kier molecular flexibility index (Phi) is 5.12. The molecule has 0 radical (unpaired) electrons. The summed E-state index contributed by atoms with van der Waals surface area (Å²) in [7, 11) is 2.52. The van der Waals surface area contributed by atoms with Crippen LogP contribution in [-0.2, 0) is 13.8 Å². The number of hydrogen-bond acceptors (Lipinski definition) is 4. The van der Waals surface area contributed by atoms with Gasteiger partial charge in [-0.25, -0.2) is 12.8 Å². The van der Waals surface area contributed by atoms with Crippen molar-refractivity contribution in [2.75, 3.05) is 13.7 Å². The van der Waals surface area contributed by atoms with Gasteiger partial charge in [-0.05, 0) is 32.0 Å². The minimum absolute atomic E-state index is 0.129. The molecule has 5 nitrogen and oxygen atoms in total. The first-order valence-electron chi connectivity index (χ1n) is 5.64. The van der Waals surface area contributed by atoms with Crippen LogP contribution in [-0.4, -0.2) is 33.6 Å². The lowest BCUT2D eigenvalue weighted by molar-refractivity contribution is 0.0228. The Morgan fingerprint density at radius 3 is 2.50 bits per heavy atom. The van der Waals surface area contributed by atoms with Crippen molar-refractivity contribution < 1.29 is 22.3 Å². The molecular formula is C12H15ClFNO4S. The van der Waals surface area contributed by atoms with Crippen LogP contribution in [0.25, 0.3) is 0 Å². The second-order valence-electron chi connectivity index (χ2n) is 4.76. The summed E-state index contributed by atoms with van der Waals surface area (Å²) >= 11 is 0. The van der Waals surface area contributed by atoms with Crippen molar-refractivity contribution in [3.63, 3.8) is 0 Å². The number of nitrogens with one attached hydrogen (secondary N) is 1. The van der Waals surface area contributed by atoms with Gasteiger partial charge in [0.05, 0.1) is 10.5 Å². The Labute approximate surface area is 121 Å². The summed E-state index contributed by atoms with van der Waals surface area (Å²) in [6, 6.07) is 2.69. The van der Waals surface area contributed by atoms with Crippen molar-refractivity contribution in [2.45, 2.75) is 24.3 Å². The molecule has 0 saturated carbocycles. The van der Waals surface area contributed by atoms with Crippen LogP contribution in [0, 0.1) is 5.82 Å². The summed E-state index contributed by atoms with van der Waals surface area (Å²) in [6.07, 6.45) is 0. The number of ether oxygens (including phenoxy) is 1. The SMILES string of the molecule is COC(C)(C)CNC(=O)c1cc(F)cc(S(=O)(=O)Cl)c1. The van der Waals surface area contributed by atoms with Crippen molar-refractivity contribution in [1.29, 1.82) is 0 Å². The quantitative estimate of drug-likeness (QED) is 0.840. The van der Waals surface area contributed by atoms with Gasteiger partial charge in [-0.15, -0.1) is 0 Å². The summed E-state index contributed by atoms with van der Waals surface area (Å²) in [6.45, 7) is 3.70. The number of benzene rings is 1. The maximum absolute atomic E-state index is 13.3. The number of carbonyl (C=O) groups excluding carboxylic acids is 1. The van der Waals surface area contributed by atoms with E-state index >= 15 is 0 Å². The third-order valence-corrected chi connectivity index (χ3v) is 3.98. The highest BCUT2D eigenvalue weighted by Crippen LogP contribution is 2.18. The predicted octanol–water partition coefficient (Wildman–Crippen LogP) is 1.91. The lowest BCUT2D eigenvalue weighted by atomic mass is 10.1. The van der Waals surface area contributed by atoms with Crippen molar-refractivity contribution in [3.8, 4) is 0 Å². The van der Waals surface area contributed by atoms with Crippen LogP contribution in [0.2, 0.25) is 0 Å². The van der Waals surface area contributed by atoms with Crippen LogP contribution in [0.15, 0.2) is 23.1 Å². The van der Waals surface area contributed by atoms with E-state index < -0.39 is 31.3 Å². The zero-order valence-electron chi connectivity index (χ0n) is 11.2. The van der Waals surface area contributed by atoms with Gasteiger partial charge in [0.2, 0.25) is 0 Å². The summed E-state index contributed by atoms with van der Waals surface area (Å²) < 4.78 is 40.8. The van der Waals surface area contributed by atoms with E-state index in [1.807, 2.05) is 0 Å². The zero-order valence-corrected chi connectivity index (χ0v) is 12.8. The normalized spacial score (nSPS) is 12.2. The van der Waals surface area contributed by atoms with Gasteiger partial charge in [-0.1, -0.05) is 0 Å². The Hall–Kier alpha value is -1.18. The smallest absolute Gasteiger partial charge is 0.261 e. The van der Waals surface area contributed by atoms with E-state index in [0.717, 1.165) is 18.2 Å². The van der Waals surface area contributed by atoms with Gasteiger partial charge >= 0.3 is 0 Å². The predicted molar refractivity (Wildman–Crippen MR) is 72.9 cm³/mol. The van der Waals surface area contributed by atoms with E-state index in [1.165, 1.54) is 7.11 Å². The van der Waals surface area contributed by atoms with Gasteiger partial charge in [0.15, 0.2) is 0 Å². The molecule has 1 rings (SSSR count). The summed E-state index contributed by atoms with van der Waals surface area (Å²) in [5.74, 6) is -1.47. The van der Waals surface area contributed by atoms with E-state index in [1.54, 1.807) is 13.8 Å². The van der Waals surface area contributed by atoms with Gasteiger partial charge in [0.25, 0.3) is 15.0 Å². The van der Waals surface area contributed by atoms with Gasteiger partial charge in [-0.2, -0.15) is 0 Å². The number of carbonyl (C=O) groups is 1. The number of hydrogen-bond donors (Lipinski definition) is 1. The Bertz CT molecular complexity index is 616. The second-order valence-corrected chi connectivity index (χ2v) is 7.33. The monoisotopic (exact) mass is 323 g/mol. The number of methoxy groups -OCH3 is 1. The molecule has 0 aromatic heterocycles. The van der Waals surface area contributed by atoms with E-state index in [0.29, 0.717) is 0 Å². The molecule has 0 heterocycles. The van der Waals surface area contributed by atoms with Crippen molar-refractivity contribution in [2.24, 2.45) is 0 Å². The highest BCUT2D eigenvalue weighted by atomic mass is 35.7. The third kappa shape index (κ3) is 4.73. The standard InChI is InChI=1S/C12H15ClFNO4S/c1-12(2,19-3)7-15-11(16)8-4-9(14)6-10(5-8)20(13,17)18/h4-6H,7H2,1-3H3,(H,15,16). The molecule has 1 N–H and O–H groups in total. The Balaban J connectivity index is 2.97. The maximum Gasteiger partial charge on any atom is 0.261 e. The van der Waals surface area contributed by atoms with E-state index in [-0.39, 0.29) is 12.1 Å². The maximum atomic E-state index is 13.3. The van der Waals surface area contributed by atoms with Gasteiger partial charge in [0.1, 0.15) is 5.82 Å². The number of rotatable bonds is 5. The molecule has 8 heteroatoms. The Morgan fingerprint density at radius 1 is 1.40 bits per heavy atom. The molecule has 1 aromatic rings. The van der Waals surface area contributed by atoms with Crippen molar-refractivity contribution >= 4 is 25.6 Å².